The first kappa shape index (κ1) is 16.4. The Hall–Kier alpha value is -2.48. The molecule has 0 saturated heterocycles. The molecule has 2 heteroatoms. The molecule has 0 saturated carbocycles. The molecule has 24 heavy (non-hydrogen) atoms. The van der Waals surface area contributed by atoms with Gasteiger partial charge in [-0.3, -0.25) is 10.4 Å². The second kappa shape index (κ2) is 7.39. The summed E-state index contributed by atoms with van der Waals surface area (Å²) in [5.41, 5.74) is 8.64. The minimum atomic E-state index is 0.469. The zero-order valence-electron chi connectivity index (χ0n) is 14.7. The van der Waals surface area contributed by atoms with Crippen LogP contribution in [-0.2, 0) is 0 Å². The first-order valence-electron chi connectivity index (χ1n) is 8.74. The monoisotopic (exact) mass is 318 g/mol. The van der Waals surface area contributed by atoms with Gasteiger partial charge in [0.1, 0.15) is 0 Å². The average Bonchev–Trinajstić information content (AvgIpc) is 2.62. The first-order valence-corrected chi connectivity index (χ1v) is 8.74. The van der Waals surface area contributed by atoms with E-state index in [9.17, 15) is 0 Å². The highest BCUT2D eigenvalue weighted by Gasteiger charge is 2.21. The molecule has 2 nitrogen and oxygen atoms in total. The quantitative estimate of drug-likeness (QED) is 0.770. The van der Waals surface area contributed by atoms with Crippen LogP contribution < -0.4 is 10.4 Å². The fourth-order valence-corrected chi connectivity index (χ4v) is 3.28. The molecule has 1 aliphatic rings. The lowest BCUT2D eigenvalue weighted by molar-refractivity contribution is 0.465. The van der Waals surface area contributed by atoms with Gasteiger partial charge >= 0.3 is 0 Å². The van der Waals surface area contributed by atoms with Gasteiger partial charge in [-0.1, -0.05) is 69.3 Å². The number of hydrazine groups is 1. The van der Waals surface area contributed by atoms with Gasteiger partial charge in [0.2, 0.25) is 0 Å². The molecule has 0 bridgehead atoms. The van der Waals surface area contributed by atoms with E-state index in [1.54, 1.807) is 0 Å². The topological polar surface area (TPSA) is 15.3 Å². The van der Waals surface area contributed by atoms with Gasteiger partial charge in [-0.15, -0.1) is 0 Å². The molecule has 1 N–H and O–H groups in total. The van der Waals surface area contributed by atoms with Gasteiger partial charge in [0.05, 0.1) is 5.69 Å². The third-order valence-electron chi connectivity index (χ3n) is 4.36. The van der Waals surface area contributed by atoms with Crippen molar-refractivity contribution in [3.8, 4) is 0 Å². The van der Waals surface area contributed by atoms with Gasteiger partial charge in [0.15, 0.2) is 0 Å². The summed E-state index contributed by atoms with van der Waals surface area (Å²) in [5, 5.41) is 2.11. The Morgan fingerprint density at radius 1 is 0.875 bits per heavy atom. The molecule has 2 aromatic rings. The minimum Gasteiger partial charge on any atom is -0.298 e. The third kappa shape index (κ3) is 3.70. The molecule has 0 spiro atoms. The lowest BCUT2D eigenvalue weighted by atomic mass is 9.90. The summed E-state index contributed by atoms with van der Waals surface area (Å²) in [6.07, 6.45) is 5.50. The molecule has 1 heterocycles. The van der Waals surface area contributed by atoms with Gasteiger partial charge in [-0.05, 0) is 42.0 Å². The van der Waals surface area contributed by atoms with Crippen molar-refractivity contribution in [3.63, 3.8) is 0 Å². The highest BCUT2D eigenvalue weighted by atomic mass is 15.5. The summed E-state index contributed by atoms with van der Waals surface area (Å²) in [6, 6.07) is 21.1. The number of para-hydroxylation sites is 1. The number of anilines is 1. The highest BCUT2D eigenvalue weighted by Crippen LogP contribution is 2.31. The zero-order valence-corrected chi connectivity index (χ0v) is 14.7. The van der Waals surface area contributed by atoms with Crippen molar-refractivity contribution in [2.45, 2.75) is 27.2 Å². The predicted molar refractivity (Wildman–Crippen MR) is 103 cm³/mol. The van der Waals surface area contributed by atoms with Gasteiger partial charge in [-0.25, -0.2) is 0 Å². The Labute approximate surface area is 145 Å². The molecule has 0 aromatic heterocycles. The fraction of sp³-hybridized carbons (Fsp3) is 0.273. The second-order valence-corrected chi connectivity index (χ2v) is 6.86. The van der Waals surface area contributed by atoms with Gasteiger partial charge < -0.3 is 0 Å². The molecule has 0 aliphatic carbocycles. The van der Waals surface area contributed by atoms with Crippen LogP contribution in [0.25, 0.3) is 5.57 Å². The largest absolute Gasteiger partial charge is 0.298 e. The summed E-state index contributed by atoms with van der Waals surface area (Å²) in [4.78, 5) is 0. The number of benzene rings is 2. The molecular formula is C22H26N2. The number of allylic oxidation sites excluding steroid dienone is 3. The predicted octanol–water partition coefficient (Wildman–Crippen LogP) is 5.62. The Morgan fingerprint density at radius 2 is 1.50 bits per heavy atom. The molecule has 2 aromatic carbocycles. The maximum absolute atomic E-state index is 3.65. The van der Waals surface area contributed by atoms with Crippen LogP contribution >= 0.6 is 0 Å². The van der Waals surface area contributed by atoms with Gasteiger partial charge in [-0.2, -0.15) is 0 Å². The van der Waals surface area contributed by atoms with Crippen LogP contribution in [0.4, 0.5) is 5.69 Å². The van der Waals surface area contributed by atoms with E-state index in [0.717, 1.165) is 12.1 Å². The normalized spacial score (nSPS) is 15.6. The molecule has 0 fully saturated rings. The number of rotatable bonds is 5. The van der Waals surface area contributed by atoms with Crippen molar-refractivity contribution >= 4 is 11.3 Å². The minimum absolute atomic E-state index is 0.469. The van der Waals surface area contributed by atoms with E-state index in [2.05, 4.69) is 98.1 Å². The summed E-state index contributed by atoms with van der Waals surface area (Å²) in [5.74, 6) is 1.14. The number of nitrogens with one attached hydrogen (secondary N) is 1. The maximum Gasteiger partial charge on any atom is 0.0623 e. The molecule has 124 valence electrons. The Morgan fingerprint density at radius 3 is 2.12 bits per heavy atom. The number of hydrogen-bond acceptors (Lipinski definition) is 2. The number of nitrogens with zero attached hydrogens (tertiary/aromatic N) is 1. The lowest BCUT2D eigenvalue weighted by Crippen LogP contribution is -2.38. The SMILES string of the molecule is CC(C)CC(C)C1=C(c2ccccc2)C=CN(c2ccccc2)N1. The van der Waals surface area contributed by atoms with E-state index in [-0.39, 0.29) is 0 Å². The van der Waals surface area contributed by atoms with Crippen LogP contribution in [0.2, 0.25) is 0 Å². The lowest BCUT2D eigenvalue weighted by Gasteiger charge is -2.33. The maximum atomic E-state index is 3.65. The summed E-state index contributed by atoms with van der Waals surface area (Å²) >= 11 is 0. The molecule has 3 rings (SSSR count). The summed E-state index contributed by atoms with van der Waals surface area (Å²) in [7, 11) is 0. The van der Waals surface area contributed by atoms with Gasteiger partial charge in [0, 0.05) is 17.5 Å². The van der Waals surface area contributed by atoms with Crippen LogP contribution in [0, 0.1) is 11.8 Å². The standard InChI is InChI=1S/C22H26N2/c1-17(2)16-18(3)22-21(19-10-6-4-7-11-19)14-15-24(23-22)20-12-8-5-9-13-20/h4-15,17-18,23H,16H2,1-3H3. The molecular weight excluding hydrogens is 292 g/mol. The Kier molecular flexibility index (Phi) is 5.05. The Balaban J connectivity index is 1.96. The van der Waals surface area contributed by atoms with Gasteiger partial charge in [0.25, 0.3) is 0 Å². The van der Waals surface area contributed by atoms with Crippen molar-refractivity contribution in [2.24, 2.45) is 11.8 Å². The van der Waals surface area contributed by atoms with Crippen LogP contribution in [0.5, 0.6) is 0 Å². The molecule has 0 radical (unpaired) electrons. The third-order valence-corrected chi connectivity index (χ3v) is 4.36. The van der Waals surface area contributed by atoms with Crippen molar-refractivity contribution < 1.29 is 0 Å². The van der Waals surface area contributed by atoms with E-state index in [4.69, 9.17) is 0 Å². The molecule has 1 unspecified atom stereocenters. The molecule has 1 atom stereocenters. The first-order chi connectivity index (χ1) is 11.6. The molecule has 1 aliphatic heterocycles. The number of hydrogen-bond donors (Lipinski definition) is 1. The van der Waals surface area contributed by atoms with E-state index in [1.807, 2.05) is 6.07 Å². The van der Waals surface area contributed by atoms with Crippen molar-refractivity contribution in [1.29, 1.82) is 0 Å². The van der Waals surface area contributed by atoms with E-state index in [1.165, 1.54) is 16.8 Å². The van der Waals surface area contributed by atoms with Crippen LogP contribution in [0.1, 0.15) is 32.8 Å². The van der Waals surface area contributed by atoms with E-state index >= 15 is 0 Å². The fourth-order valence-electron chi connectivity index (χ4n) is 3.28. The summed E-state index contributed by atoms with van der Waals surface area (Å²) in [6.45, 7) is 6.88. The highest BCUT2D eigenvalue weighted by molar-refractivity contribution is 5.79. The Bertz CT molecular complexity index is 714. The smallest absolute Gasteiger partial charge is 0.0623 e. The van der Waals surface area contributed by atoms with Crippen molar-refractivity contribution in [3.05, 3.63) is 84.2 Å². The van der Waals surface area contributed by atoms with E-state index < -0.39 is 0 Å². The van der Waals surface area contributed by atoms with E-state index in [0.29, 0.717) is 11.8 Å². The van der Waals surface area contributed by atoms with Crippen LogP contribution in [-0.4, -0.2) is 0 Å². The van der Waals surface area contributed by atoms with Crippen LogP contribution in [0.3, 0.4) is 0 Å². The van der Waals surface area contributed by atoms with Crippen molar-refractivity contribution in [2.75, 3.05) is 5.01 Å². The second-order valence-electron chi connectivity index (χ2n) is 6.86. The average molecular weight is 318 g/mol. The van der Waals surface area contributed by atoms with Crippen molar-refractivity contribution in [1.82, 2.24) is 5.43 Å². The summed E-state index contributed by atoms with van der Waals surface area (Å²) < 4.78 is 0. The van der Waals surface area contributed by atoms with Crippen LogP contribution in [0.15, 0.2) is 78.6 Å². The molecule has 0 amide bonds. The zero-order chi connectivity index (χ0) is 16.9.